The van der Waals surface area contributed by atoms with Crippen LogP contribution in [-0.2, 0) is 6.42 Å². The third-order valence-electron chi connectivity index (χ3n) is 3.15. The summed E-state index contributed by atoms with van der Waals surface area (Å²) < 4.78 is 5.32. The monoisotopic (exact) mass is 285 g/mol. The average Bonchev–Trinajstić information content (AvgIpc) is 3.17. The highest BCUT2D eigenvalue weighted by atomic mass is 32.1. The van der Waals surface area contributed by atoms with Crippen molar-refractivity contribution in [2.24, 2.45) is 0 Å². The van der Waals surface area contributed by atoms with Gasteiger partial charge in [-0.2, -0.15) is 0 Å². The molecule has 0 bridgehead atoms. The standard InChI is InChI=1S/C15H15N3OS/c1-2-3-4-11-7-12(14-5-6-18-19-14)13(8-17-11)15-9-16-10-20-15/h5-10H,2-4H2,1H3. The summed E-state index contributed by atoms with van der Waals surface area (Å²) in [5.41, 5.74) is 4.99. The number of unbranched alkanes of at least 4 members (excludes halogenated alkanes) is 1. The molecule has 3 aromatic rings. The SMILES string of the molecule is CCCCc1cc(-c2ccno2)c(-c2cncs2)cn1. The van der Waals surface area contributed by atoms with Gasteiger partial charge in [0, 0.05) is 35.3 Å². The first-order chi connectivity index (χ1) is 9.88. The maximum absolute atomic E-state index is 5.32. The summed E-state index contributed by atoms with van der Waals surface area (Å²) in [6.45, 7) is 2.18. The molecule has 5 heteroatoms. The summed E-state index contributed by atoms with van der Waals surface area (Å²) in [7, 11) is 0. The van der Waals surface area contributed by atoms with Gasteiger partial charge in [0.2, 0.25) is 0 Å². The van der Waals surface area contributed by atoms with E-state index in [0.29, 0.717) is 0 Å². The van der Waals surface area contributed by atoms with E-state index in [4.69, 9.17) is 4.52 Å². The molecule has 0 fully saturated rings. The number of aromatic nitrogens is 3. The highest BCUT2D eigenvalue weighted by Gasteiger charge is 2.13. The molecular weight excluding hydrogens is 270 g/mol. The molecular formula is C15H15N3OS. The van der Waals surface area contributed by atoms with Gasteiger partial charge in [0.25, 0.3) is 0 Å². The molecule has 20 heavy (non-hydrogen) atoms. The molecule has 0 aliphatic rings. The quantitative estimate of drug-likeness (QED) is 0.705. The van der Waals surface area contributed by atoms with E-state index >= 15 is 0 Å². The maximum atomic E-state index is 5.32. The minimum atomic E-state index is 0.772. The second kappa shape index (κ2) is 5.96. The maximum Gasteiger partial charge on any atom is 0.167 e. The molecule has 0 N–H and O–H groups in total. The van der Waals surface area contributed by atoms with Crippen LogP contribution in [0.5, 0.6) is 0 Å². The van der Waals surface area contributed by atoms with Gasteiger partial charge < -0.3 is 4.52 Å². The lowest BCUT2D eigenvalue weighted by molar-refractivity contribution is 0.432. The van der Waals surface area contributed by atoms with Crippen LogP contribution >= 0.6 is 11.3 Å². The Hall–Kier alpha value is -2.01. The number of thiazole rings is 1. The summed E-state index contributed by atoms with van der Waals surface area (Å²) in [6.07, 6.45) is 8.72. The van der Waals surface area contributed by atoms with Gasteiger partial charge in [0.05, 0.1) is 16.6 Å². The summed E-state index contributed by atoms with van der Waals surface area (Å²) in [6, 6.07) is 3.98. The van der Waals surface area contributed by atoms with Crippen LogP contribution in [-0.4, -0.2) is 15.1 Å². The van der Waals surface area contributed by atoms with Crippen molar-refractivity contribution < 1.29 is 4.52 Å². The van der Waals surface area contributed by atoms with E-state index in [1.54, 1.807) is 17.5 Å². The van der Waals surface area contributed by atoms with Crippen molar-refractivity contribution >= 4 is 11.3 Å². The van der Waals surface area contributed by atoms with E-state index < -0.39 is 0 Å². The van der Waals surface area contributed by atoms with E-state index in [2.05, 4.69) is 28.1 Å². The number of nitrogens with zero attached hydrogens (tertiary/aromatic N) is 3. The van der Waals surface area contributed by atoms with Crippen molar-refractivity contribution in [2.45, 2.75) is 26.2 Å². The van der Waals surface area contributed by atoms with E-state index in [0.717, 1.165) is 46.7 Å². The van der Waals surface area contributed by atoms with Crippen LogP contribution in [0.15, 0.2) is 40.8 Å². The van der Waals surface area contributed by atoms with Crippen molar-refractivity contribution in [1.29, 1.82) is 0 Å². The largest absolute Gasteiger partial charge is 0.356 e. The normalized spacial score (nSPS) is 10.8. The predicted molar refractivity (Wildman–Crippen MR) is 79.5 cm³/mol. The van der Waals surface area contributed by atoms with Crippen LogP contribution in [0, 0.1) is 0 Å². The predicted octanol–water partition coefficient (Wildman–Crippen LogP) is 4.20. The highest BCUT2D eigenvalue weighted by molar-refractivity contribution is 7.13. The molecule has 3 aromatic heterocycles. The first kappa shape index (κ1) is 13.0. The zero-order valence-corrected chi connectivity index (χ0v) is 12.1. The Balaban J connectivity index is 2.06. The Morgan fingerprint density at radius 3 is 2.90 bits per heavy atom. The molecule has 0 aliphatic heterocycles. The van der Waals surface area contributed by atoms with Crippen molar-refractivity contribution in [3.8, 4) is 21.8 Å². The molecule has 3 rings (SSSR count). The van der Waals surface area contributed by atoms with Crippen LogP contribution in [0.1, 0.15) is 25.5 Å². The summed E-state index contributed by atoms with van der Waals surface area (Å²) in [4.78, 5) is 9.79. The molecule has 0 saturated carbocycles. The minimum Gasteiger partial charge on any atom is -0.356 e. The van der Waals surface area contributed by atoms with Crippen molar-refractivity contribution in [2.75, 3.05) is 0 Å². The van der Waals surface area contributed by atoms with Crippen LogP contribution in [0.3, 0.4) is 0 Å². The Morgan fingerprint density at radius 2 is 2.20 bits per heavy atom. The van der Waals surface area contributed by atoms with E-state index in [9.17, 15) is 0 Å². The Labute approximate surface area is 121 Å². The molecule has 0 spiro atoms. The van der Waals surface area contributed by atoms with Crippen molar-refractivity contribution in [1.82, 2.24) is 15.1 Å². The molecule has 0 amide bonds. The molecule has 0 radical (unpaired) electrons. The second-order valence-electron chi connectivity index (χ2n) is 4.57. The fourth-order valence-corrected chi connectivity index (χ4v) is 2.74. The Kier molecular flexibility index (Phi) is 3.87. The van der Waals surface area contributed by atoms with E-state index in [-0.39, 0.29) is 0 Å². The van der Waals surface area contributed by atoms with Gasteiger partial charge in [-0.05, 0) is 18.9 Å². The van der Waals surface area contributed by atoms with Gasteiger partial charge in [-0.25, -0.2) is 0 Å². The van der Waals surface area contributed by atoms with Crippen molar-refractivity contribution in [3.05, 3.63) is 41.9 Å². The third-order valence-corrected chi connectivity index (χ3v) is 3.95. The van der Waals surface area contributed by atoms with Gasteiger partial charge >= 0.3 is 0 Å². The molecule has 0 saturated heterocycles. The van der Waals surface area contributed by atoms with Crippen LogP contribution in [0.2, 0.25) is 0 Å². The molecule has 0 aromatic carbocycles. The number of hydrogen-bond acceptors (Lipinski definition) is 5. The number of pyridine rings is 1. The molecule has 0 unspecified atom stereocenters. The number of aryl methyl sites for hydroxylation is 1. The van der Waals surface area contributed by atoms with E-state index in [1.807, 2.05) is 24.0 Å². The first-order valence-electron chi connectivity index (χ1n) is 6.67. The molecule has 0 aliphatic carbocycles. The Bertz CT molecular complexity index is 663. The average molecular weight is 285 g/mol. The summed E-state index contributed by atoms with van der Waals surface area (Å²) in [5.74, 6) is 0.772. The zero-order valence-electron chi connectivity index (χ0n) is 11.2. The number of hydrogen-bond donors (Lipinski definition) is 0. The molecule has 102 valence electrons. The second-order valence-corrected chi connectivity index (χ2v) is 5.45. The Morgan fingerprint density at radius 1 is 1.25 bits per heavy atom. The lowest BCUT2D eigenvalue weighted by Crippen LogP contribution is -1.93. The lowest BCUT2D eigenvalue weighted by atomic mass is 10.0. The fourth-order valence-electron chi connectivity index (χ4n) is 2.10. The summed E-state index contributed by atoms with van der Waals surface area (Å²) >= 11 is 1.60. The van der Waals surface area contributed by atoms with Crippen molar-refractivity contribution in [3.63, 3.8) is 0 Å². The molecule has 4 nitrogen and oxygen atoms in total. The molecule has 0 atom stereocenters. The van der Waals surface area contributed by atoms with Crippen LogP contribution in [0.25, 0.3) is 21.8 Å². The van der Waals surface area contributed by atoms with E-state index in [1.165, 1.54) is 0 Å². The van der Waals surface area contributed by atoms with Crippen LogP contribution in [0.4, 0.5) is 0 Å². The summed E-state index contributed by atoms with van der Waals surface area (Å²) in [5, 5.41) is 3.81. The smallest absolute Gasteiger partial charge is 0.167 e. The lowest BCUT2D eigenvalue weighted by Gasteiger charge is -2.07. The van der Waals surface area contributed by atoms with Gasteiger partial charge in [0.15, 0.2) is 5.76 Å². The first-order valence-corrected chi connectivity index (χ1v) is 7.55. The van der Waals surface area contributed by atoms with Crippen LogP contribution < -0.4 is 0 Å². The molecule has 3 heterocycles. The minimum absolute atomic E-state index is 0.772. The third kappa shape index (κ3) is 2.63. The topological polar surface area (TPSA) is 51.8 Å². The van der Waals surface area contributed by atoms with Gasteiger partial charge in [-0.15, -0.1) is 11.3 Å². The number of rotatable bonds is 5. The van der Waals surface area contributed by atoms with Gasteiger partial charge in [-0.1, -0.05) is 18.5 Å². The van der Waals surface area contributed by atoms with Gasteiger partial charge in [0.1, 0.15) is 0 Å². The highest BCUT2D eigenvalue weighted by Crippen LogP contribution is 2.34. The van der Waals surface area contributed by atoms with Gasteiger partial charge in [-0.3, -0.25) is 9.97 Å². The zero-order chi connectivity index (χ0) is 13.8. The fraction of sp³-hybridized carbons (Fsp3) is 0.267.